The number of aliphatic hydroxyl groups excluding tert-OH is 1. The average molecular weight is 845 g/mol. The highest BCUT2D eigenvalue weighted by Gasteiger charge is 2.53. The Balaban J connectivity index is 1.32. The molecule has 1 aliphatic rings. The Kier molecular flexibility index (Phi) is 12.9. The smallest absolute Gasteiger partial charge is 0.273 e. The number of alkyl halides is 1. The van der Waals surface area contributed by atoms with Crippen LogP contribution in [0.5, 0.6) is 11.5 Å². The van der Waals surface area contributed by atoms with Gasteiger partial charge in [-0.2, -0.15) is 4.98 Å². The maximum absolute atomic E-state index is 18.2. The molecule has 10 heteroatoms. The second-order valence-electron chi connectivity index (χ2n) is 15.2. The first kappa shape index (κ1) is 42.8. The molecule has 63 heavy (non-hydrogen) atoms. The molecule has 320 valence electrons. The Morgan fingerprint density at radius 3 is 1.54 bits per heavy atom. The van der Waals surface area contributed by atoms with Crippen LogP contribution in [-0.4, -0.2) is 53.9 Å². The molecule has 0 amide bonds. The molecular weight excluding hydrogens is 796 g/mol. The third-order valence-electron chi connectivity index (χ3n) is 11.6. The summed E-state index contributed by atoms with van der Waals surface area (Å²) in [7, 11) is 3.22. The van der Waals surface area contributed by atoms with E-state index in [1.807, 2.05) is 170 Å². The zero-order valence-electron chi connectivity index (χ0n) is 35.3. The molecule has 4 atom stereocenters. The standard InChI is InChI=1S/C53H49FN2O7/c1-4-43(57)35-47-55-48(58)33-34-56(47)51-49(54)50(63-53(39-21-13-7-14-22-39,40-23-15-8-16-24-40)42-27-31-45(60-3)32-28-42)46(62-51)36-61-52(37-17-9-5-10-18-37,38-19-11-6-12-20-38)41-25-29-44(59-2)30-26-41/h5-35,46,49-51,57H,4,36H2,1-3H3/b43-35-/t46-,49-,50-,51-/m1/s1. The number of aliphatic hydroxyl groups is 1. The highest BCUT2D eigenvalue weighted by molar-refractivity contribution is 5.51. The van der Waals surface area contributed by atoms with Crippen LogP contribution >= 0.6 is 0 Å². The molecule has 0 spiro atoms. The molecule has 0 radical (unpaired) electrons. The van der Waals surface area contributed by atoms with Crippen molar-refractivity contribution in [2.75, 3.05) is 20.8 Å². The van der Waals surface area contributed by atoms with E-state index in [-0.39, 0.29) is 24.6 Å². The van der Waals surface area contributed by atoms with Crippen molar-refractivity contribution in [2.24, 2.45) is 0 Å². The van der Waals surface area contributed by atoms with Crippen LogP contribution in [0.15, 0.2) is 193 Å². The highest BCUT2D eigenvalue weighted by Crippen LogP contribution is 2.48. The van der Waals surface area contributed by atoms with Gasteiger partial charge in [-0.25, -0.2) is 4.39 Å². The molecule has 0 saturated carbocycles. The molecule has 2 heterocycles. The molecule has 0 aliphatic carbocycles. The average Bonchev–Trinajstić information content (AvgIpc) is 3.65. The Bertz CT molecular complexity index is 2560. The molecule has 0 unspecified atom stereocenters. The number of halogens is 1. The summed E-state index contributed by atoms with van der Waals surface area (Å²) in [6, 6.07) is 55.6. The van der Waals surface area contributed by atoms with E-state index in [1.165, 1.54) is 22.9 Å². The summed E-state index contributed by atoms with van der Waals surface area (Å²) < 4.78 is 52.4. The van der Waals surface area contributed by atoms with Gasteiger partial charge in [0.15, 0.2) is 12.4 Å². The predicted molar refractivity (Wildman–Crippen MR) is 241 cm³/mol. The minimum atomic E-state index is -1.87. The second-order valence-corrected chi connectivity index (χ2v) is 15.2. The predicted octanol–water partition coefficient (Wildman–Crippen LogP) is 10.2. The Labute approximate surface area is 366 Å². The molecule has 9 nitrogen and oxygen atoms in total. The maximum Gasteiger partial charge on any atom is 0.273 e. The lowest BCUT2D eigenvalue weighted by Gasteiger charge is -2.40. The summed E-state index contributed by atoms with van der Waals surface area (Å²) in [5, 5.41) is 10.6. The van der Waals surface area contributed by atoms with Crippen LogP contribution in [0.4, 0.5) is 4.39 Å². The quantitative estimate of drug-likeness (QED) is 0.0758. The van der Waals surface area contributed by atoms with Crippen LogP contribution in [0.1, 0.15) is 58.8 Å². The second kappa shape index (κ2) is 19.0. The zero-order valence-corrected chi connectivity index (χ0v) is 35.3. The number of rotatable bonds is 16. The molecular formula is C53H49FN2O7. The summed E-state index contributed by atoms with van der Waals surface area (Å²) >= 11 is 0. The fourth-order valence-electron chi connectivity index (χ4n) is 8.40. The summed E-state index contributed by atoms with van der Waals surface area (Å²) in [6.07, 6.45) is -2.56. The lowest BCUT2D eigenvalue weighted by molar-refractivity contribution is -0.128. The molecule has 1 saturated heterocycles. The maximum atomic E-state index is 18.2. The van der Waals surface area contributed by atoms with Crippen molar-refractivity contribution in [3.05, 3.63) is 237 Å². The van der Waals surface area contributed by atoms with Crippen molar-refractivity contribution < 1.29 is 33.2 Å². The monoisotopic (exact) mass is 844 g/mol. The van der Waals surface area contributed by atoms with Crippen molar-refractivity contribution in [3.63, 3.8) is 0 Å². The van der Waals surface area contributed by atoms with Crippen LogP contribution in [0, 0.1) is 0 Å². The van der Waals surface area contributed by atoms with Crippen LogP contribution in [-0.2, 0) is 25.4 Å². The van der Waals surface area contributed by atoms with Crippen LogP contribution < -0.4 is 15.0 Å². The Morgan fingerprint density at radius 2 is 1.10 bits per heavy atom. The first-order chi connectivity index (χ1) is 30.8. The third kappa shape index (κ3) is 8.53. The minimum Gasteiger partial charge on any atom is -0.512 e. The summed E-state index contributed by atoms with van der Waals surface area (Å²) in [5.41, 5.74) is 1.52. The number of aromatic nitrogens is 2. The zero-order chi connectivity index (χ0) is 43.8. The van der Waals surface area contributed by atoms with Crippen molar-refractivity contribution >= 4 is 6.08 Å². The number of nitrogens with zero attached hydrogens (tertiary/aromatic N) is 2. The van der Waals surface area contributed by atoms with Gasteiger partial charge in [0.1, 0.15) is 40.7 Å². The van der Waals surface area contributed by atoms with Gasteiger partial charge in [-0.15, -0.1) is 0 Å². The first-order valence-electron chi connectivity index (χ1n) is 20.9. The van der Waals surface area contributed by atoms with Gasteiger partial charge < -0.3 is 33.4 Å². The van der Waals surface area contributed by atoms with Crippen LogP contribution in [0.2, 0.25) is 0 Å². The fourth-order valence-corrected chi connectivity index (χ4v) is 8.40. The third-order valence-corrected chi connectivity index (χ3v) is 11.6. The number of methoxy groups -OCH3 is 2. The van der Waals surface area contributed by atoms with E-state index >= 15 is 4.39 Å². The summed E-state index contributed by atoms with van der Waals surface area (Å²) in [6.45, 7) is 1.59. The summed E-state index contributed by atoms with van der Waals surface area (Å²) in [4.78, 5) is 16.8. The van der Waals surface area contributed by atoms with E-state index in [9.17, 15) is 9.90 Å². The Morgan fingerprint density at radius 1 is 0.667 bits per heavy atom. The molecule has 1 N–H and O–H groups in total. The van der Waals surface area contributed by atoms with E-state index in [0.717, 1.165) is 33.4 Å². The van der Waals surface area contributed by atoms with E-state index in [0.29, 0.717) is 11.5 Å². The number of hydrogen-bond acceptors (Lipinski definition) is 8. The normalized spacial score (nSPS) is 17.9. The lowest BCUT2D eigenvalue weighted by Crippen LogP contribution is -2.45. The number of allylic oxidation sites excluding steroid dienone is 1. The molecule has 7 aromatic rings. The van der Waals surface area contributed by atoms with Gasteiger partial charge >= 0.3 is 0 Å². The highest BCUT2D eigenvalue weighted by atomic mass is 19.1. The first-order valence-corrected chi connectivity index (χ1v) is 20.9. The van der Waals surface area contributed by atoms with Gasteiger partial charge in [-0.1, -0.05) is 153 Å². The van der Waals surface area contributed by atoms with Gasteiger partial charge in [0.2, 0.25) is 0 Å². The van der Waals surface area contributed by atoms with E-state index in [2.05, 4.69) is 4.98 Å². The summed E-state index contributed by atoms with van der Waals surface area (Å²) in [5.74, 6) is 1.31. The van der Waals surface area contributed by atoms with Gasteiger partial charge in [0.05, 0.1) is 26.6 Å². The van der Waals surface area contributed by atoms with E-state index in [4.69, 9.17) is 23.7 Å². The van der Waals surface area contributed by atoms with Gasteiger partial charge in [-0.3, -0.25) is 4.79 Å². The van der Waals surface area contributed by atoms with Gasteiger partial charge in [-0.05, 0) is 57.6 Å². The number of hydrogen-bond donors (Lipinski definition) is 1. The molecule has 1 aromatic heterocycles. The molecule has 1 aliphatic heterocycles. The van der Waals surface area contributed by atoms with Crippen LogP contribution in [0.3, 0.4) is 0 Å². The van der Waals surface area contributed by atoms with Crippen molar-refractivity contribution in [3.8, 4) is 11.5 Å². The van der Waals surface area contributed by atoms with Crippen molar-refractivity contribution in [1.82, 2.24) is 9.55 Å². The molecule has 8 rings (SSSR count). The van der Waals surface area contributed by atoms with Crippen molar-refractivity contribution in [2.45, 2.75) is 49.2 Å². The Hall–Kier alpha value is -6.85. The SMILES string of the molecule is CC/C(O)=C/c1nc(=O)ccn1[C@@H]1O[C@H](COC(c2ccccc2)(c2ccccc2)c2ccc(OC)cc2)[C@@H](OC(c2ccccc2)(c2ccccc2)c2ccc(OC)cc2)[C@H]1F. The van der Waals surface area contributed by atoms with E-state index < -0.39 is 41.4 Å². The number of benzene rings is 6. The van der Waals surface area contributed by atoms with Gasteiger partial charge in [0.25, 0.3) is 5.56 Å². The largest absolute Gasteiger partial charge is 0.512 e. The topological polar surface area (TPSA) is 101 Å². The molecule has 6 aromatic carbocycles. The lowest BCUT2D eigenvalue weighted by atomic mass is 9.79. The molecule has 1 fully saturated rings. The number of ether oxygens (including phenoxy) is 5. The molecule has 0 bridgehead atoms. The minimum absolute atomic E-state index is 0.0310. The van der Waals surface area contributed by atoms with Gasteiger partial charge in [0, 0.05) is 24.8 Å². The van der Waals surface area contributed by atoms with E-state index in [1.54, 1.807) is 21.1 Å². The fraction of sp³-hybridized carbons (Fsp3) is 0.208. The van der Waals surface area contributed by atoms with Crippen LogP contribution in [0.25, 0.3) is 6.08 Å². The van der Waals surface area contributed by atoms with Crippen molar-refractivity contribution in [1.29, 1.82) is 0 Å².